The molecule has 0 spiro atoms. The number of carbonyl (C=O) groups is 2. The van der Waals surface area contributed by atoms with E-state index in [0.717, 1.165) is 5.56 Å². The van der Waals surface area contributed by atoms with Crippen molar-refractivity contribution in [1.29, 1.82) is 0 Å². The van der Waals surface area contributed by atoms with E-state index in [9.17, 15) is 9.59 Å². The Morgan fingerprint density at radius 3 is 2.50 bits per heavy atom. The van der Waals surface area contributed by atoms with Crippen LogP contribution in [0.3, 0.4) is 0 Å². The Bertz CT molecular complexity index is 656. The van der Waals surface area contributed by atoms with Crippen molar-refractivity contribution >= 4 is 17.7 Å². The Balaban J connectivity index is 1.97. The fraction of sp³-hybridized carbons (Fsp3) is 0.176. The molecule has 2 rings (SSSR count). The summed E-state index contributed by atoms with van der Waals surface area (Å²) >= 11 is 0. The van der Waals surface area contributed by atoms with Crippen molar-refractivity contribution in [3.63, 3.8) is 0 Å². The highest BCUT2D eigenvalue weighted by molar-refractivity contribution is 5.89. The Hall–Kier alpha value is -2.82. The molecule has 2 aromatic rings. The summed E-state index contributed by atoms with van der Waals surface area (Å²) in [5.74, 6) is 0.000634. The van der Waals surface area contributed by atoms with Gasteiger partial charge < -0.3 is 15.0 Å². The maximum Gasteiger partial charge on any atom is 0.321 e. The molecule has 5 heteroatoms. The summed E-state index contributed by atoms with van der Waals surface area (Å²) in [7, 11) is 1.72. The van der Waals surface area contributed by atoms with Crippen LogP contribution in [0.4, 0.5) is 10.5 Å². The van der Waals surface area contributed by atoms with E-state index < -0.39 is 5.97 Å². The molecule has 2 amide bonds. The smallest absolute Gasteiger partial charge is 0.321 e. The summed E-state index contributed by atoms with van der Waals surface area (Å²) in [6, 6.07) is 16.2. The second-order valence-electron chi connectivity index (χ2n) is 4.89. The van der Waals surface area contributed by atoms with E-state index in [1.165, 1.54) is 6.92 Å². The maximum atomic E-state index is 12.2. The summed E-state index contributed by atoms with van der Waals surface area (Å²) in [6.07, 6.45) is 0. The van der Waals surface area contributed by atoms with Crippen molar-refractivity contribution < 1.29 is 14.3 Å². The van der Waals surface area contributed by atoms with Crippen LogP contribution in [0.1, 0.15) is 12.5 Å². The molecular formula is C17H18N2O3. The minimum atomic E-state index is -0.398. The first-order valence-electron chi connectivity index (χ1n) is 6.89. The van der Waals surface area contributed by atoms with Gasteiger partial charge in [-0.2, -0.15) is 0 Å². The number of esters is 1. The Kier molecular flexibility index (Phi) is 5.14. The van der Waals surface area contributed by atoms with Gasteiger partial charge in [0, 0.05) is 32.3 Å². The van der Waals surface area contributed by atoms with E-state index in [1.54, 1.807) is 36.2 Å². The van der Waals surface area contributed by atoms with Crippen LogP contribution in [0.5, 0.6) is 5.75 Å². The number of nitrogens with one attached hydrogen (secondary N) is 1. The predicted octanol–water partition coefficient (Wildman–Crippen LogP) is 3.28. The van der Waals surface area contributed by atoms with Gasteiger partial charge in [0.25, 0.3) is 0 Å². The van der Waals surface area contributed by atoms with Gasteiger partial charge >= 0.3 is 12.0 Å². The molecule has 0 saturated heterocycles. The van der Waals surface area contributed by atoms with Crippen molar-refractivity contribution in [3.05, 3.63) is 60.2 Å². The van der Waals surface area contributed by atoms with Gasteiger partial charge in [-0.25, -0.2) is 4.79 Å². The number of benzene rings is 2. The topological polar surface area (TPSA) is 58.6 Å². The van der Waals surface area contributed by atoms with Crippen LogP contribution in [0.25, 0.3) is 0 Å². The van der Waals surface area contributed by atoms with Crippen LogP contribution in [0, 0.1) is 0 Å². The molecule has 0 atom stereocenters. The highest BCUT2D eigenvalue weighted by atomic mass is 16.5. The van der Waals surface area contributed by atoms with Crippen LogP contribution in [-0.4, -0.2) is 23.9 Å². The van der Waals surface area contributed by atoms with Gasteiger partial charge in [0.05, 0.1) is 0 Å². The van der Waals surface area contributed by atoms with Crippen molar-refractivity contribution in [2.24, 2.45) is 0 Å². The SMILES string of the molecule is CC(=O)Oc1cccc(NC(=O)N(C)Cc2ccccc2)c1. The minimum Gasteiger partial charge on any atom is -0.427 e. The Labute approximate surface area is 129 Å². The number of urea groups is 1. The number of hydrogen-bond donors (Lipinski definition) is 1. The lowest BCUT2D eigenvalue weighted by Crippen LogP contribution is -2.30. The summed E-state index contributed by atoms with van der Waals surface area (Å²) in [5.41, 5.74) is 1.62. The fourth-order valence-corrected chi connectivity index (χ4v) is 1.95. The van der Waals surface area contributed by atoms with Crippen LogP contribution in [0.2, 0.25) is 0 Å². The average molecular weight is 298 g/mol. The third-order valence-electron chi connectivity index (χ3n) is 2.96. The molecule has 0 aliphatic heterocycles. The molecule has 0 aliphatic carbocycles. The second-order valence-corrected chi connectivity index (χ2v) is 4.89. The molecule has 0 saturated carbocycles. The Morgan fingerprint density at radius 1 is 1.09 bits per heavy atom. The van der Waals surface area contributed by atoms with E-state index in [-0.39, 0.29) is 6.03 Å². The third-order valence-corrected chi connectivity index (χ3v) is 2.96. The normalized spacial score (nSPS) is 9.91. The van der Waals surface area contributed by atoms with Gasteiger partial charge in [0.2, 0.25) is 0 Å². The van der Waals surface area contributed by atoms with Gasteiger partial charge in [0.1, 0.15) is 5.75 Å². The van der Waals surface area contributed by atoms with E-state index in [4.69, 9.17) is 4.74 Å². The maximum absolute atomic E-state index is 12.2. The van der Waals surface area contributed by atoms with Crippen LogP contribution in [-0.2, 0) is 11.3 Å². The molecule has 0 heterocycles. The van der Waals surface area contributed by atoms with Gasteiger partial charge in [-0.05, 0) is 17.7 Å². The molecule has 0 aromatic heterocycles. The molecule has 2 aromatic carbocycles. The zero-order valence-electron chi connectivity index (χ0n) is 12.6. The Morgan fingerprint density at radius 2 is 1.82 bits per heavy atom. The standard InChI is InChI=1S/C17H18N2O3/c1-13(20)22-16-10-6-9-15(11-16)18-17(21)19(2)12-14-7-4-3-5-8-14/h3-11H,12H2,1-2H3,(H,18,21). The van der Waals surface area contributed by atoms with Crippen molar-refractivity contribution in [2.45, 2.75) is 13.5 Å². The molecule has 0 fully saturated rings. The molecule has 5 nitrogen and oxygen atoms in total. The molecule has 114 valence electrons. The first kappa shape index (κ1) is 15.6. The number of ether oxygens (including phenoxy) is 1. The van der Waals surface area contributed by atoms with Gasteiger partial charge in [0.15, 0.2) is 0 Å². The average Bonchev–Trinajstić information content (AvgIpc) is 2.48. The quantitative estimate of drug-likeness (QED) is 0.696. The number of rotatable bonds is 4. The highest BCUT2D eigenvalue weighted by Crippen LogP contribution is 2.18. The van der Waals surface area contributed by atoms with E-state index in [1.807, 2.05) is 30.3 Å². The summed E-state index contributed by atoms with van der Waals surface area (Å²) < 4.78 is 4.99. The number of amides is 2. The molecule has 0 radical (unpaired) electrons. The minimum absolute atomic E-state index is 0.233. The molecule has 0 unspecified atom stereocenters. The van der Waals surface area contributed by atoms with E-state index in [0.29, 0.717) is 18.0 Å². The monoisotopic (exact) mass is 298 g/mol. The molecular weight excluding hydrogens is 280 g/mol. The summed E-state index contributed by atoms with van der Waals surface area (Å²) in [4.78, 5) is 24.7. The second kappa shape index (κ2) is 7.26. The summed E-state index contributed by atoms with van der Waals surface area (Å²) in [6.45, 7) is 1.84. The van der Waals surface area contributed by atoms with Gasteiger partial charge in [-0.1, -0.05) is 36.4 Å². The van der Waals surface area contributed by atoms with Gasteiger partial charge in [-0.3, -0.25) is 4.79 Å². The third kappa shape index (κ3) is 4.63. The number of nitrogens with zero attached hydrogens (tertiary/aromatic N) is 1. The van der Waals surface area contributed by atoms with Crippen LogP contribution >= 0.6 is 0 Å². The van der Waals surface area contributed by atoms with Crippen LogP contribution in [0.15, 0.2) is 54.6 Å². The zero-order chi connectivity index (χ0) is 15.9. The largest absolute Gasteiger partial charge is 0.427 e. The number of hydrogen-bond acceptors (Lipinski definition) is 3. The molecule has 0 bridgehead atoms. The zero-order valence-corrected chi connectivity index (χ0v) is 12.6. The van der Waals surface area contributed by atoms with Crippen molar-refractivity contribution in [3.8, 4) is 5.75 Å². The first-order chi connectivity index (χ1) is 10.5. The lowest BCUT2D eigenvalue weighted by Gasteiger charge is -2.18. The first-order valence-corrected chi connectivity index (χ1v) is 6.89. The van der Waals surface area contributed by atoms with E-state index >= 15 is 0 Å². The molecule has 0 aliphatic rings. The predicted molar refractivity (Wildman–Crippen MR) is 84.7 cm³/mol. The molecule has 22 heavy (non-hydrogen) atoms. The van der Waals surface area contributed by atoms with Crippen molar-refractivity contribution in [2.75, 3.05) is 12.4 Å². The number of carbonyl (C=O) groups excluding carboxylic acids is 2. The lowest BCUT2D eigenvalue weighted by molar-refractivity contribution is -0.131. The highest BCUT2D eigenvalue weighted by Gasteiger charge is 2.10. The van der Waals surface area contributed by atoms with Gasteiger partial charge in [-0.15, -0.1) is 0 Å². The van der Waals surface area contributed by atoms with Crippen molar-refractivity contribution in [1.82, 2.24) is 4.90 Å². The van der Waals surface area contributed by atoms with Crippen LogP contribution < -0.4 is 10.1 Å². The summed E-state index contributed by atoms with van der Waals surface area (Å²) in [5, 5.41) is 2.77. The number of anilines is 1. The lowest BCUT2D eigenvalue weighted by atomic mass is 10.2. The molecule has 1 N–H and O–H groups in total. The fourth-order valence-electron chi connectivity index (χ4n) is 1.95. The van der Waals surface area contributed by atoms with E-state index in [2.05, 4.69) is 5.32 Å².